The van der Waals surface area contributed by atoms with Gasteiger partial charge in [0.15, 0.2) is 5.82 Å². The lowest BCUT2D eigenvalue weighted by Crippen LogP contribution is -2.06. The smallest absolute Gasteiger partial charge is 0.182 e. The molecule has 3 N–H and O–H groups in total. The van der Waals surface area contributed by atoms with Gasteiger partial charge in [-0.1, -0.05) is 0 Å². The lowest BCUT2D eigenvalue weighted by Gasteiger charge is -1.96. The first-order chi connectivity index (χ1) is 7.16. The molecular formula is C9H10BrN5. The molecule has 0 bridgehead atoms. The third kappa shape index (κ3) is 2.21. The summed E-state index contributed by atoms with van der Waals surface area (Å²) in [7, 11) is 0. The molecule has 15 heavy (non-hydrogen) atoms. The Balaban J connectivity index is 2.37. The summed E-state index contributed by atoms with van der Waals surface area (Å²) in [5, 5.41) is 6.87. The van der Waals surface area contributed by atoms with Crippen molar-refractivity contribution in [3.8, 4) is 11.4 Å². The molecule has 6 heteroatoms. The van der Waals surface area contributed by atoms with E-state index in [0.717, 1.165) is 10.0 Å². The summed E-state index contributed by atoms with van der Waals surface area (Å²) in [5.74, 6) is 1.28. The zero-order valence-electron chi connectivity index (χ0n) is 8.11. The average Bonchev–Trinajstić information content (AvgIpc) is 2.66. The van der Waals surface area contributed by atoms with E-state index in [4.69, 9.17) is 5.73 Å². The van der Waals surface area contributed by atoms with Gasteiger partial charge in [-0.2, -0.15) is 5.10 Å². The van der Waals surface area contributed by atoms with Crippen LogP contribution in [0, 0.1) is 0 Å². The van der Waals surface area contributed by atoms with Crippen molar-refractivity contribution in [1.82, 2.24) is 20.2 Å². The fraction of sp³-hybridized carbons (Fsp3) is 0.222. The predicted octanol–water partition coefficient (Wildman–Crippen LogP) is 1.65. The Labute approximate surface area is 95.3 Å². The molecule has 0 spiro atoms. The van der Waals surface area contributed by atoms with Gasteiger partial charge < -0.3 is 5.73 Å². The molecule has 2 aromatic heterocycles. The van der Waals surface area contributed by atoms with Gasteiger partial charge in [0.2, 0.25) is 0 Å². The normalized spacial score (nSPS) is 12.7. The minimum Gasteiger partial charge on any atom is -0.322 e. The summed E-state index contributed by atoms with van der Waals surface area (Å²) in [6.07, 6.45) is 3.42. The number of H-pyrrole nitrogens is 1. The SMILES string of the molecule is CC(N)c1nc(-c2cncc(Br)c2)n[nH]1. The molecule has 0 aliphatic heterocycles. The third-order valence-corrected chi connectivity index (χ3v) is 2.33. The average molecular weight is 268 g/mol. The van der Waals surface area contributed by atoms with Crippen LogP contribution in [0.1, 0.15) is 18.8 Å². The molecule has 0 radical (unpaired) electrons. The highest BCUT2D eigenvalue weighted by atomic mass is 79.9. The van der Waals surface area contributed by atoms with Gasteiger partial charge in [0.05, 0.1) is 6.04 Å². The fourth-order valence-electron chi connectivity index (χ4n) is 1.14. The Morgan fingerprint density at radius 2 is 2.27 bits per heavy atom. The van der Waals surface area contributed by atoms with Crippen molar-refractivity contribution in [1.29, 1.82) is 0 Å². The van der Waals surface area contributed by atoms with E-state index in [1.54, 1.807) is 12.4 Å². The maximum Gasteiger partial charge on any atom is 0.182 e. The number of rotatable bonds is 2. The quantitative estimate of drug-likeness (QED) is 0.867. The van der Waals surface area contributed by atoms with Crippen LogP contribution in [0.5, 0.6) is 0 Å². The summed E-state index contributed by atoms with van der Waals surface area (Å²) in [6, 6.07) is 1.76. The standard InChI is InChI=1S/C9H10BrN5/c1-5(11)8-13-9(15-14-8)6-2-7(10)4-12-3-6/h2-5H,11H2,1H3,(H,13,14,15). The summed E-state index contributed by atoms with van der Waals surface area (Å²) in [4.78, 5) is 8.31. The monoisotopic (exact) mass is 267 g/mol. The second-order valence-electron chi connectivity index (χ2n) is 3.22. The number of hydrogen-bond acceptors (Lipinski definition) is 4. The highest BCUT2D eigenvalue weighted by molar-refractivity contribution is 9.10. The molecule has 0 aliphatic carbocycles. The van der Waals surface area contributed by atoms with Gasteiger partial charge in [0.25, 0.3) is 0 Å². The van der Waals surface area contributed by atoms with E-state index < -0.39 is 0 Å². The van der Waals surface area contributed by atoms with E-state index in [1.807, 2.05) is 13.0 Å². The molecule has 0 amide bonds. The summed E-state index contributed by atoms with van der Waals surface area (Å²) < 4.78 is 0.896. The maximum absolute atomic E-state index is 5.68. The van der Waals surface area contributed by atoms with E-state index >= 15 is 0 Å². The van der Waals surface area contributed by atoms with E-state index in [9.17, 15) is 0 Å². The van der Waals surface area contributed by atoms with Gasteiger partial charge in [-0.3, -0.25) is 10.1 Å². The topological polar surface area (TPSA) is 80.5 Å². The number of nitrogens with zero attached hydrogens (tertiary/aromatic N) is 3. The first-order valence-corrected chi connectivity index (χ1v) is 5.25. The molecule has 78 valence electrons. The van der Waals surface area contributed by atoms with Crippen molar-refractivity contribution in [3.05, 3.63) is 28.8 Å². The number of aromatic nitrogens is 4. The minimum atomic E-state index is -0.147. The molecule has 0 aromatic carbocycles. The Bertz CT molecular complexity index is 465. The van der Waals surface area contributed by atoms with Gasteiger partial charge in [0, 0.05) is 22.4 Å². The summed E-state index contributed by atoms with van der Waals surface area (Å²) in [6.45, 7) is 1.85. The number of nitrogens with two attached hydrogens (primary N) is 1. The first-order valence-electron chi connectivity index (χ1n) is 4.45. The number of hydrogen-bond donors (Lipinski definition) is 2. The second-order valence-corrected chi connectivity index (χ2v) is 4.14. The van der Waals surface area contributed by atoms with Crippen LogP contribution < -0.4 is 5.73 Å². The van der Waals surface area contributed by atoms with Crippen molar-refractivity contribution < 1.29 is 0 Å². The molecule has 0 saturated carbocycles. The number of pyridine rings is 1. The molecule has 1 atom stereocenters. The van der Waals surface area contributed by atoms with Crippen LogP contribution in [0.15, 0.2) is 22.9 Å². The number of halogens is 1. The van der Waals surface area contributed by atoms with Gasteiger partial charge >= 0.3 is 0 Å². The predicted molar refractivity (Wildman–Crippen MR) is 59.9 cm³/mol. The molecule has 0 saturated heterocycles. The molecule has 2 aromatic rings. The van der Waals surface area contributed by atoms with Crippen LogP contribution >= 0.6 is 15.9 Å². The zero-order chi connectivity index (χ0) is 10.8. The van der Waals surface area contributed by atoms with Gasteiger partial charge in [-0.15, -0.1) is 0 Å². The van der Waals surface area contributed by atoms with Crippen LogP contribution in [0.25, 0.3) is 11.4 Å². The van der Waals surface area contributed by atoms with Crippen molar-refractivity contribution in [3.63, 3.8) is 0 Å². The highest BCUT2D eigenvalue weighted by Gasteiger charge is 2.08. The van der Waals surface area contributed by atoms with Gasteiger partial charge in [-0.25, -0.2) is 4.98 Å². The van der Waals surface area contributed by atoms with Crippen molar-refractivity contribution >= 4 is 15.9 Å². The van der Waals surface area contributed by atoms with Gasteiger partial charge in [-0.05, 0) is 28.9 Å². The Morgan fingerprint density at radius 1 is 1.47 bits per heavy atom. The lowest BCUT2D eigenvalue weighted by atomic mass is 10.3. The van der Waals surface area contributed by atoms with Crippen molar-refractivity contribution in [2.45, 2.75) is 13.0 Å². The molecule has 0 aliphatic rings. The van der Waals surface area contributed by atoms with Gasteiger partial charge in [0.1, 0.15) is 5.82 Å². The molecule has 2 heterocycles. The van der Waals surface area contributed by atoms with Crippen LogP contribution in [0.4, 0.5) is 0 Å². The maximum atomic E-state index is 5.68. The second kappa shape index (κ2) is 4.08. The van der Waals surface area contributed by atoms with E-state index in [0.29, 0.717) is 11.6 Å². The zero-order valence-corrected chi connectivity index (χ0v) is 9.69. The molecular weight excluding hydrogens is 258 g/mol. The lowest BCUT2D eigenvalue weighted by molar-refractivity contribution is 0.745. The summed E-state index contributed by atoms with van der Waals surface area (Å²) in [5.41, 5.74) is 6.53. The van der Waals surface area contributed by atoms with E-state index in [-0.39, 0.29) is 6.04 Å². The highest BCUT2D eigenvalue weighted by Crippen LogP contribution is 2.18. The minimum absolute atomic E-state index is 0.147. The number of nitrogens with one attached hydrogen (secondary N) is 1. The van der Waals surface area contributed by atoms with E-state index in [1.165, 1.54) is 0 Å². The Morgan fingerprint density at radius 3 is 2.87 bits per heavy atom. The molecule has 1 unspecified atom stereocenters. The Hall–Kier alpha value is -1.27. The van der Waals surface area contributed by atoms with Crippen molar-refractivity contribution in [2.75, 3.05) is 0 Å². The van der Waals surface area contributed by atoms with Crippen molar-refractivity contribution in [2.24, 2.45) is 5.73 Å². The Kier molecular flexibility index (Phi) is 2.79. The van der Waals surface area contributed by atoms with E-state index in [2.05, 4.69) is 36.1 Å². The third-order valence-electron chi connectivity index (χ3n) is 1.90. The summed E-state index contributed by atoms with van der Waals surface area (Å²) >= 11 is 3.34. The van der Waals surface area contributed by atoms with Crippen LogP contribution in [-0.2, 0) is 0 Å². The largest absolute Gasteiger partial charge is 0.322 e. The van der Waals surface area contributed by atoms with Crippen LogP contribution in [-0.4, -0.2) is 20.2 Å². The fourth-order valence-corrected chi connectivity index (χ4v) is 1.51. The number of aromatic amines is 1. The molecule has 0 fully saturated rings. The molecule has 5 nitrogen and oxygen atoms in total. The van der Waals surface area contributed by atoms with Crippen LogP contribution in [0.3, 0.4) is 0 Å². The molecule has 2 rings (SSSR count). The van der Waals surface area contributed by atoms with Crippen LogP contribution in [0.2, 0.25) is 0 Å². The first kappa shape index (κ1) is 10.3.